The van der Waals surface area contributed by atoms with Crippen LogP contribution in [-0.2, 0) is 11.2 Å². The molecule has 20 heavy (non-hydrogen) atoms. The van der Waals surface area contributed by atoms with Crippen LogP contribution in [0, 0.1) is 5.92 Å². The summed E-state index contributed by atoms with van der Waals surface area (Å²) in [6, 6.07) is 3.84. The van der Waals surface area contributed by atoms with Gasteiger partial charge < -0.3 is 5.32 Å². The molecule has 0 radical (unpaired) electrons. The van der Waals surface area contributed by atoms with Gasteiger partial charge in [-0.05, 0) is 36.0 Å². The number of anilines is 1. The number of halogens is 2. The first kappa shape index (κ1) is 15.7. The Morgan fingerprint density at radius 1 is 1.25 bits per heavy atom. The largest absolute Gasteiger partial charge is 0.325 e. The van der Waals surface area contributed by atoms with Crippen molar-refractivity contribution in [3.63, 3.8) is 0 Å². The molecule has 0 spiro atoms. The minimum atomic E-state index is -0.0802. The zero-order valence-electron chi connectivity index (χ0n) is 12.0. The van der Waals surface area contributed by atoms with E-state index in [4.69, 9.17) is 23.2 Å². The van der Waals surface area contributed by atoms with Crippen molar-refractivity contribution in [1.29, 1.82) is 0 Å². The maximum absolute atomic E-state index is 11.4. The van der Waals surface area contributed by atoms with Crippen molar-refractivity contribution in [3.05, 3.63) is 28.3 Å². The van der Waals surface area contributed by atoms with E-state index in [0.29, 0.717) is 17.4 Å². The van der Waals surface area contributed by atoms with Gasteiger partial charge in [0, 0.05) is 10.7 Å². The van der Waals surface area contributed by atoms with E-state index in [1.54, 1.807) is 0 Å². The Balaban J connectivity index is 2.27. The quantitative estimate of drug-likeness (QED) is 0.706. The SMILES string of the molecule is CCCC(CCC)C(Cl)c1cc2c(cc1Cl)NC(=O)C2. The number of benzene rings is 1. The number of hydrogen-bond acceptors (Lipinski definition) is 1. The molecule has 1 atom stereocenters. The summed E-state index contributed by atoms with van der Waals surface area (Å²) in [4.78, 5) is 11.4. The zero-order chi connectivity index (χ0) is 14.7. The van der Waals surface area contributed by atoms with E-state index >= 15 is 0 Å². The first-order chi connectivity index (χ1) is 9.56. The molecule has 1 amide bonds. The Kier molecular flexibility index (Phi) is 5.34. The molecule has 1 aromatic carbocycles. The molecule has 2 rings (SSSR count). The molecular weight excluding hydrogens is 293 g/mol. The number of carbonyl (C=O) groups is 1. The minimum absolute atomic E-state index is 0.0259. The Morgan fingerprint density at radius 3 is 2.50 bits per heavy atom. The van der Waals surface area contributed by atoms with E-state index in [-0.39, 0.29) is 11.3 Å². The fraction of sp³-hybridized carbons (Fsp3) is 0.562. The van der Waals surface area contributed by atoms with Gasteiger partial charge in [-0.2, -0.15) is 0 Å². The van der Waals surface area contributed by atoms with Gasteiger partial charge in [0.1, 0.15) is 0 Å². The molecule has 0 saturated heterocycles. The van der Waals surface area contributed by atoms with Crippen LogP contribution in [0.15, 0.2) is 12.1 Å². The summed E-state index contributed by atoms with van der Waals surface area (Å²) >= 11 is 13.0. The average Bonchev–Trinajstić information content (AvgIpc) is 2.76. The van der Waals surface area contributed by atoms with Gasteiger partial charge in [-0.25, -0.2) is 0 Å². The Labute approximate surface area is 130 Å². The lowest BCUT2D eigenvalue weighted by Gasteiger charge is -2.23. The third-order valence-corrected chi connectivity index (χ3v) is 4.80. The van der Waals surface area contributed by atoms with E-state index in [2.05, 4.69) is 19.2 Å². The van der Waals surface area contributed by atoms with Crippen LogP contribution in [0.4, 0.5) is 5.69 Å². The summed E-state index contributed by atoms with van der Waals surface area (Å²) in [6.07, 6.45) is 4.88. The molecule has 1 heterocycles. The summed E-state index contributed by atoms with van der Waals surface area (Å²) in [5.41, 5.74) is 2.80. The summed E-state index contributed by atoms with van der Waals surface area (Å²) in [6.45, 7) is 4.36. The maximum Gasteiger partial charge on any atom is 0.228 e. The fourth-order valence-electron chi connectivity index (χ4n) is 2.91. The minimum Gasteiger partial charge on any atom is -0.325 e. The maximum atomic E-state index is 11.4. The first-order valence-electron chi connectivity index (χ1n) is 7.33. The molecule has 0 saturated carbocycles. The van der Waals surface area contributed by atoms with Gasteiger partial charge in [-0.1, -0.05) is 44.4 Å². The molecule has 1 aliphatic heterocycles. The highest BCUT2D eigenvalue weighted by molar-refractivity contribution is 6.33. The molecule has 0 fully saturated rings. The lowest BCUT2D eigenvalue weighted by Crippen LogP contribution is -2.09. The normalized spacial score (nSPS) is 15.3. The molecule has 4 heteroatoms. The second-order valence-electron chi connectivity index (χ2n) is 5.50. The standard InChI is InChI=1S/C16H21Cl2NO/c1-3-5-10(6-4-2)16(18)12-7-11-8-15(20)19-14(11)9-13(12)17/h7,9-10,16H,3-6,8H2,1-2H3,(H,19,20). The number of amides is 1. The molecule has 0 bridgehead atoms. The van der Waals surface area contributed by atoms with Crippen LogP contribution < -0.4 is 5.32 Å². The van der Waals surface area contributed by atoms with Crippen molar-refractivity contribution >= 4 is 34.8 Å². The van der Waals surface area contributed by atoms with E-state index < -0.39 is 0 Å². The molecule has 1 aliphatic rings. The molecule has 1 N–H and O–H groups in total. The second-order valence-corrected chi connectivity index (χ2v) is 6.37. The van der Waals surface area contributed by atoms with Gasteiger partial charge in [-0.15, -0.1) is 11.6 Å². The van der Waals surface area contributed by atoms with Crippen molar-refractivity contribution < 1.29 is 4.79 Å². The number of nitrogens with one attached hydrogen (secondary N) is 1. The zero-order valence-corrected chi connectivity index (χ0v) is 13.5. The van der Waals surface area contributed by atoms with E-state index in [9.17, 15) is 4.79 Å². The van der Waals surface area contributed by atoms with Crippen LogP contribution in [0.25, 0.3) is 0 Å². The van der Waals surface area contributed by atoms with E-state index in [1.165, 1.54) is 0 Å². The molecule has 0 aliphatic carbocycles. The van der Waals surface area contributed by atoms with Crippen molar-refractivity contribution in [2.75, 3.05) is 5.32 Å². The van der Waals surface area contributed by atoms with Crippen LogP contribution in [0.5, 0.6) is 0 Å². The summed E-state index contributed by atoms with van der Waals surface area (Å²) in [7, 11) is 0. The Morgan fingerprint density at radius 2 is 1.90 bits per heavy atom. The predicted molar refractivity (Wildman–Crippen MR) is 85.7 cm³/mol. The topological polar surface area (TPSA) is 29.1 Å². The second kappa shape index (κ2) is 6.82. The predicted octanol–water partition coefficient (Wildman–Crippen LogP) is 5.33. The number of fused-ring (bicyclic) bond motifs is 1. The Bertz CT molecular complexity index is 495. The monoisotopic (exact) mass is 313 g/mol. The lowest BCUT2D eigenvalue weighted by atomic mass is 9.89. The van der Waals surface area contributed by atoms with Crippen LogP contribution in [0.3, 0.4) is 0 Å². The van der Waals surface area contributed by atoms with Crippen molar-refractivity contribution in [1.82, 2.24) is 0 Å². The van der Waals surface area contributed by atoms with Gasteiger partial charge in [0.15, 0.2) is 0 Å². The van der Waals surface area contributed by atoms with Gasteiger partial charge in [0.2, 0.25) is 5.91 Å². The van der Waals surface area contributed by atoms with Crippen LogP contribution in [0.1, 0.15) is 56.0 Å². The number of hydrogen-bond donors (Lipinski definition) is 1. The third kappa shape index (κ3) is 3.29. The van der Waals surface area contributed by atoms with Gasteiger partial charge >= 0.3 is 0 Å². The third-order valence-electron chi connectivity index (χ3n) is 3.88. The highest BCUT2D eigenvalue weighted by atomic mass is 35.5. The number of rotatable bonds is 6. The summed E-state index contributed by atoms with van der Waals surface area (Å²) in [5, 5.41) is 3.39. The van der Waals surface area contributed by atoms with Crippen molar-refractivity contribution in [3.8, 4) is 0 Å². The van der Waals surface area contributed by atoms with Crippen LogP contribution in [-0.4, -0.2) is 5.91 Å². The van der Waals surface area contributed by atoms with Gasteiger partial charge in [0.05, 0.1) is 11.8 Å². The molecule has 0 aromatic heterocycles. The number of carbonyl (C=O) groups excluding carboxylic acids is 1. The average molecular weight is 314 g/mol. The van der Waals surface area contributed by atoms with Crippen LogP contribution in [0.2, 0.25) is 5.02 Å². The molecule has 2 nitrogen and oxygen atoms in total. The van der Waals surface area contributed by atoms with Gasteiger partial charge in [0.25, 0.3) is 0 Å². The first-order valence-corrected chi connectivity index (χ1v) is 8.14. The molecule has 1 aromatic rings. The molecule has 110 valence electrons. The fourth-order valence-corrected chi connectivity index (χ4v) is 3.68. The Hall–Kier alpha value is -0.730. The van der Waals surface area contributed by atoms with E-state index in [1.807, 2.05) is 12.1 Å². The number of alkyl halides is 1. The lowest BCUT2D eigenvalue weighted by molar-refractivity contribution is -0.115. The smallest absolute Gasteiger partial charge is 0.228 e. The summed E-state index contributed by atoms with van der Waals surface area (Å²) in [5.74, 6) is 0.463. The molecular formula is C16H21Cl2NO. The van der Waals surface area contributed by atoms with E-state index in [0.717, 1.165) is 42.5 Å². The van der Waals surface area contributed by atoms with Crippen molar-refractivity contribution in [2.45, 2.75) is 51.3 Å². The highest BCUT2D eigenvalue weighted by Crippen LogP contribution is 2.41. The van der Waals surface area contributed by atoms with Crippen molar-refractivity contribution in [2.24, 2.45) is 5.92 Å². The summed E-state index contributed by atoms with van der Waals surface area (Å²) < 4.78 is 0. The van der Waals surface area contributed by atoms with Gasteiger partial charge in [-0.3, -0.25) is 4.79 Å². The van der Waals surface area contributed by atoms with Crippen LogP contribution >= 0.6 is 23.2 Å². The molecule has 1 unspecified atom stereocenters. The highest BCUT2D eigenvalue weighted by Gasteiger charge is 2.26.